The van der Waals surface area contributed by atoms with Crippen molar-refractivity contribution in [3.63, 3.8) is 0 Å². The number of hydrogen-bond acceptors (Lipinski definition) is 3. The normalized spacial score (nSPS) is 13.2. The van der Waals surface area contributed by atoms with Gasteiger partial charge < -0.3 is 14.8 Å². The molecule has 21 heavy (non-hydrogen) atoms. The van der Waals surface area contributed by atoms with Gasteiger partial charge in [-0.25, -0.2) is 0 Å². The monoisotopic (exact) mass is 293 g/mol. The van der Waals surface area contributed by atoms with E-state index in [1.54, 1.807) is 0 Å². The summed E-state index contributed by atoms with van der Waals surface area (Å²) in [6.45, 7) is 10.1. The van der Waals surface area contributed by atoms with Crippen LogP contribution in [0.5, 0.6) is 5.75 Å². The molecule has 0 aromatic heterocycles. The van der Waals surface area contributed by atoms with Crippen molar-refractivity contribution in [1.29, 1.82) is 0 Å². The van der Waals surface area contributed by atoms with Crippen LogP contribution < -0.4 is 10.1 Å². The molecule has 1 N–H and O–H groups in total. The van der Waals surface area contributed by atoms with Gasteiger partial charge in [-0.3, -0.25) is 0 Å². The highest BCUT2D eigenvalue weighted by molar-refractivity contribution is 5.30. The molecule has 0 fully saturated rings. The van der Waals surface area contributed by atoms with Gasteiger partial charge in [0.05, 0.1) is 18.2 Å². The lowest BCUT2D eigenvalue weighted by Gasteiger charge is -2.39. The fraction of sp³-hybridized carbons (Fsp3) is 0.667. The van der Waals surface area contributed by atoms with E-state index in [4.69, 9.17) is 9.47 Å². The maximum atomic E-state index is 6.14. The summed E-state index contributed by atoms with van der Waals surface area (Å²) in [6, 6.07) is 8.58. The largest absolute Gasteiger partial charge is 0.494 e. The summed E-state index contributed by atoms with van der Waals surface area (Å²) in [4.78, 5) is 0. The third-order valence-corrected chi connectivity index (χ3v) is 4.13. The molecule has 0 amide bonds. The minimum absolute atomic E-state index is 0.157. The zero-order chi connectivity index (χ0) is 15.7. The third kappa shape index (κ3) is 4.45. The van der Waals surface area contributed by atoms with Crippen LogP contribution >= 0.6 is 0 Å². The fourth-order valence-corrected chi connectivity index (χ4v) is 2.94. The van der Waals surface area contributed by atoms with Crippen LogP contribution in [-0.2, 0) is 4.74 Å². The van der Waals surface area contributed by atoms with Gasteiger partial charge in [0.25, 0.3) is 0 Å². The van der Waals surface area contributed by atoms with Crippen LogP contribution in [0.3, 0.4) is 0 Å². The summed E-state index contributed by atoms with van der Waals surface area (Å²) in [7, 11) is 2.01. The minimum atomic E-state index is -0.157. The Bertz CT molecular complexity index is 385. The molecule has 0 radical (unpaired) electrons. The Morgan fingerprint density at radius 3 is 2.10 bits per heavy atom. The second-order valence-corrected chi connectivity index (χ2v) is 5.34. The zero-order valence-corrected chi connectivity index (χ0v) is 14.2. The summed E-state index contributed by atoms with van der Waals surface area (Å²) in [5, 5.41) is 3.44. The van der Waals surface area contributed by atoms with E-state index in [0.717, 1.165) is 38.2 Å². The Balaban J connectivity index is 2.97. The summed E-state index contributed by atoms with van der Waals surface area (Å²) in [5.74, 6) is 0.936. The van der Waals surface area contributed by atoms with Crippen LogP contribution in [-0.4, -0.2) is 25.9 Å². The molecule has 0 saturated heterocycles. The Labute approximate surface area is 130 Å². The predicted octanol–water partition coefficient (Wildman–Crippen LogP) is 4.33. The van der Waals surface area contributed by atoms with Gasteiger partial charge in [0.1, 0.15) is 5.75 Å². The van der Waals surface area contributed by atoms with Crippen molar-refractivity contribution in [2.45, 2.75) is 58.6 Å². The highest BCUT2D eigenvalue weighted by Crippen LogP contribution is 2.35. The first kappa shape index (κ1) is 18.0. The molecule has 0 spiro atoms. The predicted molar refractivity (Wildman–Crippen MR) is 89.0 cm³/mol. The van der Waals surface area contributed by atoms with Gasteiger partial charge in [0.15, 0.2) is 0 Å². The number of rotatable bonds is 10. The molecule has 1 rings (SSSR count). The van der Waals surface area contributed by atoms with Gasteiger partial charge in [0.2, 0.25) is 0 Å². The molecule has 0 bridgehead atoms. The first-order chi connectivity index (χ1) is 10.2. The number of nitrogens with one attached hydrogen (secondary N) is 1. The second-order valence-electron chi connectivity index (χ2n) is 5.34. The van der Waals surface area contributed by atoms with E-state index in [1.165, 1.54) is 5.56 Å². The average molecular weight is 293 g/mol. The maximum Gasteiger partial charge on any atom is 0.119 e. The van der Waals surface area contributed by atoms with Crippen molar-refractivity contribution in [3.05, 3.63) is 29.8 Å². The molecule has 1 aromatic rings. The molecule has 0 aliphatic carbocycles. The van der Waals surface area contributed by atoms with Crippen LogP contribution in [0.2, 0.25) is 0 Å². The summed E-state index contributed by atoms with van der Waals surface area (Å²) < 4.78 is 11.8. The van der Waals surface area contributed by atoms with Crippen LogP contribution in [0.4, 0.5) is 0 Å². The van der Waals surface area contributed by atoms with Gasteiger partial charge in [0, 0.05) is 6.61 Å². The lowest BCUT2D eigenvalue weighted by Crippen LogP contribution is -2.44. The molecule has 3 nitrogen and oxygen atoms in total. The van der Waals surface area contributed by atoms with Crippen molar-refractivity contribution < 1.29 is 9.47 Å². The third-order valence-electron chi connectivity index (χ3n) is 4.13. The molecule has 1 atom stereocenters. The first-order valence-corrected chi connectivity index (χ1v) is 8.21. The molecular weight excluding hydrogens is 262 g/mol. The molecule has 3 heteroatoms. The Morgan fingerprint density at radius 2 is 1.67 bits per heavy atom. The van der Waals surface area contributed by atoms with Crippen molar-refractivity contribution in [1.82, 2.24) is 5.32 Å². The van der Waals surface area contributed by atoms with E-state index < -0.39 is 0 Å². The second kappa shape index (κ2) is 9.06. The smallest absolute Gasteiger partial charge is 0.119 e. The average Bonchev–Trinajstić information content (AvgIpc) is 2.53. The van der Waals surface area contributed by atoms with Crippen LogP contribution in [0, 0.1) is 0 Å². The van der Waals surface area contributed by atoms with E-state index in [0.29, 0.717) is 0 Å². The van der Waals surface area contributed by atoms with Gasteiger partial charge >= 0.3 is 0 Å². The Morgan fingerprint density at radius 1 is 1.05 bits per heavy atom. The molecule has 0 aliphatic heterocycles. The number of hydrogen-bond donors (Lipinski definition) is 1. The highest BCUT2D eigenvalue weighted by Gasteiger charge is 2.36. The zero-order valence-electron chi connectivity index (χ0n) is 14.2. The molecule has 1 aromatic carbocycles. The minimum Gasteiger partial charge on any atom is -0.494 e. The van der Waals surface area contributed by atoms with E-state index >= 15 is 0 Å². The quantitative estimate of drug-likeness (QED) is 0.696. The van der Waals surface area contributed by atoms with Gasteiger partial charge in [-0.1, -0.05) is 32.9 Å². The summed E-state index contributed by atoms with van der Waals surface area (Å²) >= 11 is 0. The molecule has 0 heterocycles. The lowest BCUT2D eigenvalue weighted by atomic mass is 9.83. The van der Waals surface area contributed by atoms with E-state index in [2.05, 4.69) is 57.3 Å². The number of benzene rings is 1. The SMILES string of the molecule is CCCOc1ccc(C(NC)C(CC)(CC)OCC)cc1. The van der Waals surface area contributed by atoms with Crippen LogP contribution in [0.1, 0.15) is 58.6 Å². The highest BCUT2D eigenvalue weighted by atomic mass is 16.5. The molecule has 120 valence electrons. The van der Waals surface area contributed by atoms with E-state index in [1.807, 2.05) is 7.05 Å². The van der Waals surface area contributed by atoms with Crippen molar-refractivity contribution in [2.75, 3.05) is 20.3 Å². The summed E-state index contributed by atoms with van der Waals surface area (Å²) in [6.07, 6.45) is 2.99. The molecule has 0 aliphatic rings. The number of likely N-dealkylation sites (N-methyl/N-ethyl adjacent to an activating group) is 1. The topological polar surface area (TPSA) is 30.5 Å². The van der Waals surface area contributed by atoms with Crippen molar-refractivity contribution in [2.24, 2.45) is 0 Å². The van der Waals surface area contributed by atoms with Gasteiger partial charge in [-0.2, -0.15) is 0 Å². The van der Waals surface area contributed by atoms with Crippen molar-refractivity contribution in [3.8, 4) is 5.75 Å². The van der Waals surface area contributed by atoms with Crippen LogP contribution in [0.15, 0.2) is 24.3 Å². The van der Waals surface area contributed by atoms with E-state index in [-0.39, 0.29) is 11.6 Å². The molecule has 0 saturated carbocycles. The Hall–Kier alpha value is -1.06. The molecular formula is C18H31NO2. The lowest BCUT2D eigenvalue weighted by molar-refractivity contribution is -0.0717. The standard InChI is InChI=1S/C18H31NO2/c1-6-14-20-16-12-10-15(11-13-16)17(19-5)18(7-2,8-3)21-9-4/h10-13,17,19H,6-9,14H2,1-5H3. The number of ether oxygens (including phenoxy) is 2. The maximum absolute atomic E-state index is 6.14. The summed E-state index contributed by atoms with van der Waals surface area (Å²) in [5.41, 5.74) is 1.09. The van der Waals surface area contributed by atoms with Gasteiger partial charge in [-0.15, -0.1) is 0 Å². The fourth-order valence-electron chi connectivity index (χ4n) is 2.94. The first-order valence-electron chi connectivity index (χ1n) is 8.21. The Kier molecular flexibility index (Phi) is 7.76. The van der Waals surface area contributed by atoms with Crippen molar-refractivity contribution >= 4 is 0 Å². The van der Waals surface area contributed by atoms with Crippen LogP contribution in [0.25, 0.3) is 0 Å². The molecule has 1 unspecified atom stereocenters. The van der Waals surface area contributed by atoms with Gasteiger partial charge in [-0.05, 0) is 50.9 Å². The van der Waals surface area contributed by atoms with E-state index in [9.17, 15) is 0 Å².